The molecule has 1 aromatic carbocycles. The van der Waals surface area contributed by atoms with E-state index in [0.29, 0.717) is 16.8 Å². The van der Waals surface area contributed by atoms with Crippen molar-refractivity contribution in [2.24, 2.45) is 0 Å². The fourth-order valence-corrected chi connectivity index (χ4v) is 2.18. The van der Waals surface area contributed by atoms with Gasteiger partial charge in [-0.05, 0) is 25.5 Å². The molecule has 2 rings (SSSR count). The van der Waals surface area contributed by atoms with Crippen LogP contribution in [0.1, 0.15) is 27.2 Å². The van der Waals surface area contributed by atoms with E-state index in [9.17, 15) is 19.7 Å². The number of aryl methyl sites for hydroxylation is 2. The fourth-order valence-electron chi connectivity index (χ4n) is 2.18. The smallest absolute Gasteiger partial charge is 0.325 e. The monoisotopic (exact) mass is 333 g/mol. The number of benzene rings is 1. The average molecular weight is 333 g/mol. The van der Waals surface area contributed by atoms with E-state index in [0.717, 1.165) is 4.68 Å². The number of nitro benzene ring substituents is 1. The average Bonchev–Trinajstić information content (AvgIpc) is 2.91. The maximum absolute atomic E-state index is 12.2. The number of hydrogen-bond donors (Lipinski definition) is 2. The van der Waals surface area contributed by atoms with Crippen molar-refractivity contribution in [1.29, 1.82) is 0 Å². The predicted octanol–water partition coefficient (Wildman–Crippen LogP) is 0.818. The summed E-state index contributed by atoms with van der Waals surface area (Å²) < 4.78 is 1.13. The molecule has 0 aliphatic carbocycles. The van der Waals surface area contributed by atoms with E-state index in [1.54, 1.807) is 19.9 Å². The first-order valence-electron chi connectivity index (χ1n) is 6.92. The van der Waals surface area contributed by atoms with Gasteiger partial charge in [-0.15, -0.1) is 5.10 Å². The minimum atomic E-state index is -1.06. The van der Waals surface area contributed by atoms with Gasteiger partial charge in [-0.1, -0.05) is 5.21 Å². The Labute approximate surface area is 136 Å². The van der Waals surface area contributed by atoms with Gasteiger partial charge in [-0.25, -0.2) is 4.68 Å². The minimum Gasteiger partial charge on any atom is -0.480 e. The third-order valence-electron chi connectivity index (χ3n) is 3.30. The molecule has 0 saturated heterocycles. The van der Waals surface area contributed by atoms with E-state index < -0.39 is 16.8 Å². The highest BCUT2D eigenvalue weighted by molar-refractivity contribution is 5.96. The molecular weight excluding hydrogens is 318 g/mol. The maximum atomic E-state index is 12.2. The second-order valence-corrected chi connectivity index (χ2v) is 5.19. The third kappa shape index (κ3) is 3.91. The van der Waals surface area contributed by atoms with Crippen molar-refractivity contribution >= 4 is 17.6 Å². The lowest BCUT2D eigenvalue weighted by Crippen LogP contribution is -2.24. The van der Waals surface area contributed by atoms with Gasteiger partial charge in [0.05, 0.1) is 17.7 Å². The summed E-state index contributed by atoms with van der Waals surface area (Å²) in [5.74, 6) is -1.54. The molecule has 0 atom stereocenters. The van der Waals surface area contributed by atoms with Crippen molar-refractivity contribution in [2.45, 2.75) is 26.9 Å². The predicted molar refractivity (Wildman–Crippen MR) is 81.4 cm³/mol. The number of nitrogens with one attached hydrogen (secondary N) is 1. The van der Waals surface area contributed by atoms with Crippen LogP contribution in [0.5, 0.6) is 0 Å². The Kier molecular flexibility index (Phi) is 4.87. The number of carboxylic acids is 1. The molecule has 24 heavy (non-hydrogen) atoms. The molecule has 1 aromatic heterocycles. The summed E-state index contributed by atoms with van der Waals surface area (Å²) in [6.45, 7) is 2.99. The van der Waals surface area contributed by atoms with Gasteiger partial charge in [-0.3, -0.25) is 19.7 Å². The standard InChI is InChI=1S/C14H15N5O5/c1-8-3-9(2)12(19(23)24)4-11(8)14(22)15-5-10-6-18(17-16-10)7-13(20)21/h3-4,6H,5,7H2,1-2H3,(H,15,22)(H,20,21). The number of nitrogens with zero attached hydrogens (tertiary/aromatic N) is 4. The van der Waals surface area contributed by atoms with E-state index in [1.165, 1.54) is 12.3 Å². The second-order valence-electron chi connectivity index (χ2n) is 5.19. The van der Waals surface area contributed by atoms with Crippen LogP contribution < -0.4 is 5.32 Å². The van der Waals surface area contributed by atoms with E-state index in [1.807, 2.05) is 0 Å². The molecule has 0 unspecified atom stereocenters. The number of hydrogen-bond acceptors (Lipinski definition) is 6. The van der Waals surface area contributed by atoms with Gasteiger partial charge in [0.25, 0.3) is 11.6 Å². The van der Waals surface area contributed by atoms with Crippen molar-refractivity contribution < 1.29 is 19.6 Å². The van der Waals surface area contributed by atoms with Gasteiger partial charge in [-0.2, -0.15) is 0 Å². The Morgan fingerprint density at radius 3 is 2.67 bits per heavy atom. The number of carboxylic acid groups (broad SMARTS) is 1. The molecule has 10 nitrogen and oxygen atoms in total. The molecule has 0 aliphatic rings. The van der Waals surface area contributed by atoms with Crippen molar-refractivity contribution in [2.75, 3.05) is 0 Å². The molecule has 0 spiro atoms. The molecular formula is C14H15N5O5. The first-order valence-corrected chi connectivity index (χ1v) is 6.92. The topological polar surface area (TPSA) is 140 Å². The molecule has 0 aliphatic heterocycles. The van der Waals surface area contributed by atoms with Crippen molar-refractivity contribution in [3.8, 4) is 0 Å². The van der Waals surface area contributed by atoms with Gasteiger partial charge < -0.3 is 10.4 Å². The summed E-state index contributed by atoms with van der Waals surface area (Å²) in [6.07, 6.45) is 1.40. The quantitative estimate of drug-likeness (QED) is 0.589. The van der Waals surface area contributed by atoms with Crippen LogP contribution in [0, 0.1) is 24.0 Å². The van der Waals surface area contributed by atoms with Crippen LogP contribution in [0.3, 0.4) is 0 Å². The van der Waals surface area contributed by atoms with E-state index in [-0.39, 0.29) is 24.3 Å². The van der Waals surface area contributed by atoms with Crippen molar-refractivity contribution in [3.05, 3.63) is 50.8 Å². The summed E-state index contributed by atoms with van der Waals surface area (Å²) in [5.41, 5.74) is 1.54. The number of rotatable bonds is 6. The van der Waals surface area contributed by atoms with Gasteiger partial charge in [0.1, 0.15) is 12.2 Å². The normalized spacial score (nSPS) is 10.4. The number of carbonyl (C=O) groups is 2. The van der Waals surface area contributed by atoms with Gasteiger partial charge in [0, 0.05) is 17.2 Å². The lowest BCUT2D eigenvalue weighted by atomic mass is 10.0. The van der Waals surface area contributed by atoms with E-state index in [2.05, 4.69) is 15.6 Å². The number of nitro groups is 1. The van der Waals surface area contributed by atoms with Crippen LogP contribution in [0.4, 0.5) is 5.69 Å². The molecule has 1 amide bonds. The molecule has 1 heterocycles. The molecule has 2 aromatic rings. The Morgan fingerprint density at radius 1 is 1.33 bits per heavy atom. The second kappa shape index (κ2) is 6.86. The molecule has 0 bridgehead atoms. The minimum absolute atomic E-state index is 0.0273. The Morgan fingerprint density at radius 2 is 2.04 bits per heavy atom. The van der Waals surface area contributed by atoms with Crippen molar-refractivity contribution in [3.63, 3.8) is 0 Å². The molecule has 10 heteroatoms. The first-order chi connectivity index (χ1) is 11.3. The largest absolute Gasteiger partial charge is 0.480 e. The Bertz CT molecular complexity index is 814. The highest BCUT2D eigenvalue weighted by Gasteiger charge is 2.18. The summed E-state index contributed by atoms with van der Waals surface area (Å²) in [5, 5.41) is 29.6. The highest BCUT2D eigenvalue weighted by Crippen LogP contribution is 2.22. The molecule has 126 valence electrons. The number of aliphatic carboxylic acids is 1. The van der Waals surface area contributed by atoms with Crippen LogP contribution in [0.15, 0.2) is 18.3 Å². The lowest BCUT2D eigenvalue weighted by Gasteiger charge is -2.08. The van der Waals surface area contributed by atoms with Crippen molar-refractivity contribution in [1.82, 2.24) is 20.3 Å². The number of carbonyl (C=O) groups excluding carboxylic acids is 1. The van der Waals surface area contributed by atoms with Crippen LogP contribution >= 0.6 is 0 Å². The lowest BCUT2D eigenvalue weighted by molar-refractivity contribution is -0.385. The van der Waals surface area contributed by atoms with Gasteiger partial charge in [0.2, 0.25) is 0 Å². The third-order valence-corrected chi connectivity index (χ3v) is 3.30. The summed E-state index contributed by atoms with van der Waals surface area (Å²) in [6, 6.07) is 2.82. The molecule has 0 radical (unpaired) electrons. The first kappa shape index (κ1) is 17.1. The molecule has 2 N–H and O–H groups in total. The van der Waals surface area contributed by atoms with E-state index in [4.69, 9.17) is 5.11 Å². The summed E-state index contributed by atoms with van der Waals surface area (Å²) in [4.78, 5) is 33.2. The van der Waals surface area contributed by atoms with Gasteiger partial charge in [0.15, 0.2) is 0 Å². The van der Waals surface area contributed by atoms with Crippen LogP contribution in [-0.2, 0) is 17.9 Å². The SMILES string of the molecule is Cc1cc(C)c([N+](=O)[O-])cc1C(=O)NCc1cn(CC(=O)O)nn1. The van der Waals surface area contributed by atoms with Crippen LogP contribution in [0.25, 0.3) is 0 Å². The van der Waals surface area contributed by atoms with E-state index >= 15 is 0 Å². The highest BCUT2D eigenvalue weighted by atomic mass is 16.6. The zero-order valence-electron chi connectivity index (χ0n) is 13.0. The fraction of sp³-hybridized carbons (Fsp3) is 0.286. The Balaban J connectivity index is 2.10. The Hall–Kier alpha value is -3.30. The van der Waals surface area contributed by atoms with Crippen LogP contribution in [0.2, 0.25) is 0 Å². The maximum Gasteiger partial charge on any atom is 0.325 e. The number of aromatic nitrogens is 3. The van der Waals surface area contributed by atoms with Crippen LogP contribution in [-0.4, -0.2) is 36.9 Å². The summed E-state index contributed by atoms with van der Waals surface area (Å²) in [7, 11) is 0. The zero-order chi connectivity index (χ0) is 17.9. The number of amides is 1. The molecule has 0 saturated carbocycles. The van der Waals surface area contributed by atoms with Gasteiger partial charge >= 0.3 is 5.97 Å². The molecule has 0 fully saturated rings. The summed E-state index contributed by atoms with van der Waals surface area (Å²) >= 11 is 0. The zero-order valence-corrected chi connectivity index (χ0v) is 13.0.